The molecule has 73 valence electrons. The van der Waals surface area contributed by atoms with Gasteiger partial charge in [0.05, 0.1) is 0 Å². The summed E-state index contributed by atoms with van der Waals surface area (Å²) in [5.74, 6) is 0. The first-order valence-corrected chi connectivity index (χ1v) is 4.56. The molecule has 1 radical (unpaired) electrons. The summed E-state index contributed by atoms with van der Waals surface area (Å²) in [4.78, 5) is 0. The van der Waals surface area contributed by atoms with Crippen molar-refractivity contribution in [2.45, 2.75) is 39.2 Å². The second-order valence-corrected chi connectivity index (χ2v) is 3.21. The third kappa shape index (κ3) is 13.1. The molecule has 0 fully saturated rings. The fourth-order valence-electron chi connectivity index (χ4n) is 0.962. The van der Waals surface area contributed by atoms with Crippen LogP contribution in [0, 0.1) is 0 Å². The van der Waals surface area contributed by atoms with E-state index < -0.39 is 0 Å². The van der Waals surface area contributed by atoms with E-state index >= 15 is 0 Å². The van der Waals surface area contributed by atoms with Crippen molar-refractivity contribution in [3.8, 4) is 0 Å². The van der Waals surface area contributed by atoms with Crippen molar-refractivity contribution in [3.05, 3.63) is 5.32 Å². The largest absolute Gasteiger partial charge is 0.665 e. The van der Waals surface area contributed by atoms with Gasteiger partial charge in [-0.1, -0.05) is 26.7 Å². The monoisotopic (exact) mass is 208 g/mol. The Kier molecular flexibility index (Phi) is 14.4. The molecule has 0 saturated carbocycles. The summed E-state index contributed by atoms with van der Waals surface area (Å²) in [6, 6.07) is 0.630. The van der Waals surface area contributed by atoms with Crippen LogP contribution >= 0.6 is 0 Å². The second kappa shape index (κ2) is 11.5. The van der Waals surface area contributed by atoms with Crippen molar-refractivity contribution >= 4 is 0 Å². The molecule has 2 nitrogen and oxygen atoms in total. The van der Waals surface area contributed by atoms with Gasteiger partial charge in [0.25, 0.3) is 0 Å². The van der Waals surface area contributed by atoms with Crippen LogP contribution in [-0.4, -0.2) is 26.2 Å². The van der Waals surface area contributed by atoms with Gasteiger partial charge >= 0.3 is 0 Å². The van der Waals surface area contributed by atoms with Gasteiger partial charge in [0.2, 0.25) is 0 Å². The normalized spacial score (nSPS) is 10.0. The van der Waals surface area contributed by atoms with Gasteiger partial charge in [-0.05, 0) is 13.0 Å². The maximum absolute atomic E-state index is 4.05. The Morgan fingerprint density at radius 2 is 1.83 bits per heavy atom. The van der Waals surface area contributed by atoms with E-state index in [1.807, 2.05) is 7.05 Å². The topological polar surface area (TPSA) is 26.1 Å². The number of rotatable bonds is 7. The molecule has 0 aromatic rings. The fourth-order valence-corrected chi connectivity index (χ4v) is 0.962. The van der Waals surface area contributed by atoms with E-state index in [9.17, 15) is 0 Å². The number of unbranched alkanes of at least 4 members (excludes halogenated alkanes) is 2. The zero-order valence-corrected chi connectivity index (χ0v) is 9.90. The molecule has 0 aliphatic carbocycles. The summed E-state index contributed by atoms with van der Waals surface area (Å²) in [6.07, 6.45) is 3.83. The summed E-state index contributed by atoms with van der Waals surface area (Å²) >= 11 is 0. The minimum Gasteiger partial charge on any atom is -0.665 e. The summed E-state index contributed by atoms with van der Waals surface area (Å²) in [6.45, 7) is 6.55. The van der Waals surface area contributed by atoms with Crippen LogP contribution in [0.1, 0.15) is 33.1 Å². The van der Waals surface area contributed by atoms with Gasteiger partial charge in [-0.3, -0.25) is 0 Å². The van der Waals surface area contributed by atoms with Gasteiger partial charge in [0.1, 0.15) is 0 Å². The van der Waals surface area contributed by atoms with Crippen LogP contribution in [-0.2, 0) is 18.6 Å². The van der Waals surface area contributed by atoms with Crippen LogP contribution in [0.15, 0.2) is 0 Å². The Balaban J connectivity index is 0. The number of hydrogen-bond donors (Lipinski definition) is 1. The Morgan fingerprint density at radius 1 is 1.17 bits per heavy atom. The van der Waals surface area contributed by atoms with E-state index in [1.54, 1.807) is 0 Å². The molecule has 0 rings (SSSR count). The Bertz CT molecular complexity index is 76.9. The average molecular weight is 208 g/mol. The molecular weight excluding hydrogens is 187 g/mol. The van der Waals surface area contributed by atoms with Crippen molar-refractivity contribution in [1.82, 2.24) is 5.32 Å². The van der Waals surface area contributed by atoms with E-state index in [1.165, 1.54) is 19.3 Å². The molecule has 0 aliphatic heterocycles. The van der Waals surface area contributed by atoms with Gasteiger partial charge in [-0.25, -0.2) is 0 Å². The van der Waals surface area contributed by atoms with E-state index in [0.29, 0.717) is 6.04 Å². The molecule has 0 aromatic heterocycles. The number of nitrogens with one attached hydrogen (secondary N) is 1. The third-order valence-corrected chi connectivity index (χ3v) is 1.61. The quantitative estimate of drug-likeness (QED) is 0.637. The SMILES string of the molecule is C[N-]CCCCCNC(C)C.[V]. The minimum absolute atomic E-state index is 0. The average Bonchev–Trinajstić information content (AvgIpc) is 1.96. The Labute approximate surface area is 88.8 Å². The molecule has 0 heterocycles. The predicted octanol–water partition coefficient (Wildman–Crippen LogP) is 2.16. The van der Waals surface area contributed by atoms with E-state index in [2.05, 4.69) is 24.5 Å². The van der Waals surface area contributed by atoms with E-state index in [4.69, 9.17) is 0 Å². The zero-order valence-electron chi connectivity index (χ0n) is 8.51. The van der Waals surface area contributed by atoms with Gasteiger partial charge in [-0.15, -0.1) is 6.54 Å². The smallest absolute Gasteiger partial charge is 0.00103 e. The van der Waals surface area contributed by atoms with Gasteiger partial charge in [-0.2, -0.15) is 7.05 Å². The van der Waals surface area contributed by atoms with E-state index in [0.717, 1.165) is 13.1 Å². The minimum atomic E-state index is 0. The molecule has 0 aliphatic rings. The van der Waals surface area contributed by atoms with Crippen molar-refractivity contribution < 1.29 is 18.6 Å². The first-order valence-electron chi connectivity index (χ1n) is 4.56. The molecule has 0 atom stereocenters. The molecule has 0 saturated heterocycles. The van der Waals surface area contributed by atoms with Crippen LogP contribution in [0.5, 0.6) is 0 Å². The van der Waals surface area contributed by atoms with Crippen molar-refractivity contribution in [2.24, 2.45) is 0 Å². The summed E-state index contributed by atoms with van der Waals surface area (Å²) < 4.78 is 0. The first kappa shape index (κ1) is 15.0. The molecule has 3 heteroatoms. The van der Waals surface area contributed by atoms with Crippen molar-refractivity contribution in [3.63, 3.8) is 0 Å². The number of nitrogens with zero attached hydrogens (tertiary/aromatic N) is 1. The van der Waals surface area contributed by atoms with Gasteiger partial charge < -0.3 is 10.6 Å². The predicted molar refractivity (Wildman–Crippen MR) is 51.1 cm³/mol. The molecule has 0 spiro atoms. The zero-order chi connectivity index (χ0) is 8.53. The van der Waals surface area contributed by atoms with Crippen LogP contribution in [0.4, 0.5) is 0 Å². The standard InChI is InChI=1S/C9H21N2.V/c1-9(2)11-8-6-4-5-7-10-3;/h9,11H,4-8H2,1-3H3;/q-1;. The first-order chi connectivity index (χ1) is 5.27. The Hall–Kier alpha value is 0.504. The van der Waals surface area contributed by atoms with Crippen LogP contribution < -0.4 is 5.32 Å². The van der Waals surface area contributed by atoms with Crippen LogP contribution in [0.3, 0.4) is 0 Å². The summed E-state index contributed by atoms with van der Waals surface area (Å²) in [5.41, 5.74) is 0. The second-order valence-electron chi connectivity index (χ2n) is 3.21. The maximum Gasteiger partial charge on any atom is 0.00103 e. The molecule has 0 aromatic carbocycles. The fraction of sp³-hybridized carbons (Fsp3) is 1.00. The van der Waals surface area contributed by atoms with Gasteiger partial charge in [0, 0.05) is 24.6 Å². The molecular formula is C9H21N2V-. The molecule has 0 bridgehead atoms. The molecule has 0 amide bonds. The summed E-state index contributed by atoms with van der Waals surface area (Å²) in [7, 11) is 1.88. The van der Waals surface area contributed by atoms with Crippen molar-refractivity contribution in [2.75, 3.05) is 20.1 Å². The van der Waals surface area contributed by atoms with Crippen LogP contribution in [0.2, 0.25) is 0 Å². The van der Waals surface area contributed by atoms with Crippen LogP contribution in [0.25, 0.3) is 5.32 Å². The molecule has 0 unspecified atom stereocenters. The third-order valence-electron chi connectivity index (χ3n) is 1.61. The number of hydrogen-bond acceptors (Lipinski definition) is 1. The van der Waals surface area contributed by atoms with E-state index in [-0.39, 0.29) is 18.6 Å². The summed E-state index contributed by atoms with van der Waals surface area (Å²) in [5, 5.41) is 7.44. The maximum atomic E-state index is 4.05. The van der Waals surface area contributed by atoms with Gasteiger partial charge in [0.15, 0.2) is 0 Å². The van der Waals surface area contributed by atoms with Crippen molar-refractivity contribution in [1.29, 1.82) is 0 Å². The molecule has 1 N–H and O–H groups in total. The molecule has 12 heavy (non-hydrogen) atoms. The Morgan fingerprint density at radius 3 is 2.33 bits per heavy atom.